The van der Waals surface area contributed by atoms with E-state index in [0.717, 1.165) is 32.5 Å². The molecule has 2 rings (SSSR count). The monoisotopic (exact) mass is 295 g/mol. The Balaban J connectivity index is 1.89. The molecule has 21 heavy (non-hydrogen) atoms. The Morgan fingerprint density at radius 3 is 2.90 bits per heavy atom. The fourth-order valence-electron chi connectivity index (χ4n) is 2.73. The first-order chi connectivity index (χ1) is 9.99. The van der Waals surface area contributed by atoms with Crippen LogP contribution in [0.25, 0.3) is 0 Å². The number of aryl methyl sites for hydroxylation is 1. The highest BCUT2D eigenvalue weighted by atomic mass is 16.5. The van der Waals surface area contributed by atoms with Crippen molar-refractivity contribution in [3.8, 4) is 0 Å². The van der Waals surface area contributed by atoms with Crippen LogP contribution < -0.4 is 5.32 Å². The van der Waals surface area contributed by atoms with E-state index in [9.17, 15) is 4.79 Å². The predicted molar refractivity (Wildman–Crippen MR) is 78.8 cm³/mol. The van der Waals surface area contributed by atoms with Crippen LogP contribution in [0.2, 0.25) is 0 Å². The second kappa shape index (κ2) is 6.89. The van der Waals surface area contributed by atoms with E-state index in [1.54, 1.807) is 6.92 Å². The maximum Gasteiger partial charge on any atom is 0.317 e. The smallest absolute Gasteiger partial charge is 0.317 e. The van der Waals surface area contributed by atoms with Crippen molar-refractivity contribution in [2.24, 2.45) is 5.92 Å². The van der Waals surface area contributed by atoms with E-state index in [2.05, 4.69) is 34.5 Å². The molecule has 0 radical (unpaired) electrons. The molecule has 1 N–H and O–H groups in total. The minimum Gasteiger partial charge on any atom is -0.340 e. The second-order valence-electron chi connectivity index (χ2n) is 5.94. The highest BCUT2D eigenvalue weighted by Gasteiger charge is 2.28. The van der Waals surface area contributed by atoms with Crippen LogP contribution >= 0.6 is 0 Å². The summed E-state index contributed by atoms with van der Waals surface area (Å²) in [7, 11) is 4.13. The van der Waals surface area contributed by atoms with Crippen LogP contribution in [-0.4, -0.2) is 59.7 Å². The van der Waals surface area contributed by atoms with Gasteiger partial charge in [-0.3, -0.25) is 0 Å². The lowest BCUT2D eigenvalue weighted by Crippen LogP contribution is -2.41. The number of rotatable bonds is 5. The van der Waals surface area contributed by atoms with Gasteiger partial charge in [-0.2, -0.15) is 4.98 Å². The Bertz CT molecular complexity index is 474. The molecule has 7 nitrogen and oxygen atoms in total. The van der Waals surface area contributed by atoms with Gasteiger partial charge in [0.1, 0.15) is 0 Å². The normalized spacial score (nSPS) is 20.0. The van der Waals surface area contributed by atoms with Crippen LogP contribution in [0.3, 0.4) is 0 Å². The summed E-state index contributed by atoms with van der Waals surface area (Å²) < 4.78 is 4.98. The molecule has 118 valence electrons. The Labute approximate surface area is 125 Å². The summed E-state index contributed by atoms with van der Waals surface area (Å²) in [4.78, 5) is 20.6. The Morgan fingerprint density at radius 2 is 2.33 bits per heavy atom. The largest absolute Gasteiger partial charge is 0.340 e. The van der Waals surface area contributed by atoms with Crippen molar-refractivity contribution < 1.29 is 9.32 Å². The average Bonchev–Trinajstić information content (AvgIpc) is 3.04. The third-order valence-corrected chi connectivity index (χ3v) is 3.76. The Hall–Kier alpha value is -1.63. The SMILES string of the molecule is CC[C@H](NC(=O)N1CC[C@H](CN(C)C)C1)c1noc(C)n1. The highest BCUT2D eigenvalue weighted by molar-refractivity contribution is 5.74. The van der Waals surface area contributed by atoms with E-state index in [1.807, 2.05) is 11.8 Å². The molecule has 0 bridgehead atoms. The van der Waals surface area contributed by atoms with Crippen LogP contribution in [-0.2, 0) is 0 Å². The summed E-state index contributed by atoms with van der Waals surface area (Å²) >= 11 is 0. The van der Waals surface area contributed by atoms with Crippen LogP contribution in [0.15, 0.2) is 4.52 Å². The van der Waals surface area contributed by atoms with Gasteiger partial charge in [-0.1, -0.05) is 12.1 Å². The second-order valence-corrected chi connectivity index (χ2v) is 5.94. The van der Waals surface area contributed by atoms with Gasteiger partial charge < -0.3 is 19.6 Å². The number of likely N-dealkylation sites (tertiary alicyclic amines) is 1. The molecule has 0 aliphatic carbocycles. The lowest BCUT2D eigenvalue weighted by Gasteiger charge is -2.21. The van der Waals surface area contributed by atoms with Gasteiger partial charge in [0, 0.05) is 26.6 Å². The number of nitrogens with zero attached hydrogens (tertiary/aromatic N) is 4. The molecule has 1 aliphatic rings. The quantitative estimate of drug-likeness (QED) is 0.889. The zero-order valence-electron chi connectivity index (χ0n) is 13.3. The molecule has 0 unspecified atom stereocenters. The molecule has 1 saturated heterocycles. The molecular weight excluding hydrogens is 270 g/mol. The Morgan fingerprint density at radius 1 is 1.57 bits per heavy atom. The lowest BCUT2D eigenvalue weighted by atomic mass is 10.1. The summed E-state index contributed by atoms with van der Waals surface area (Å²) in [5.74, 6) is 1.62. The summed E-state index contributed by atoms with van der Waals surface area (Å²) in [5, 5.41) is 6.90. The molecule has 0 saturated carbocycles. The first kappa shape index (κ1) is 15.8. The maximum absolute atomic E-state index is 12.3. The molecule has 1 aromatic heterocycles. The van der Waals surface area contributed by atoms with E-state index in [-0.39, 0.29) is 12.1 Å². The first-order valence-electron chi connectivity index (χ1n) is 7.50. The molecule has 1 aromatic rings. The zero-order valence-corrected chi connectivity index (χ0v) is 13.3. The minimum absolute atomic E-state index is 0.0365. The van der Waals surface area contributed by atoms with Gasteiger partial charge in [-0.15, -0.1) is 0 Å². The van der Waals surface area contributed by atoms with Gasteiger partial charge in [0.2, 0.25) is 5.89 Å². The Kier molecular flexibility index (Phi) is 5.17. The van der Waals surface area contributed by atoms with Crippen molar-refractivity contribution in [1.29, 1.82) is 0 Å². The summed E-state index contributed by atoms with van der Waals surface area (Å²) in [5.41, 5.74) is 0. The molecule has 1 aliphatic heterocycles. The van der Waals surface area contributed by atoms with Crippen molar-refractivity contribution in [3.05, 3.63) is 11.7 Å². The van der Waals surface area contributed by atoms with Crippen LogP contribution in [0.5, 0.6) is 0 Å². The lowest BCUT2D eigenvalue weighted by molar-refractivity contribution is 0.200. The van der Waals surface area contributed by atoms with E-state index >= 15 is 0 Å². The predicted octanol–water partition coefficient (Wildman–Crippen LogP) is 1.42. The van der Waals surface area contributed by atoms with Crippen molar-refractivity contribution in [2.45, 2.75) is 32.7 Å². The molecule has 2 atom stereocenters. The van der Waals surface area contributed by atoms with Crippen molar-refractivity contribution in [3.63, 3.8) is 0 Å². The summed E-state index contributed by atoms with van der Waals surface area (Å²) in [6.45, 7) is 6.38. The van der Waals surface area contributed by atoms with Gasteiger partial charge in [0.15, 0.2) is 5.82 Å². The molecule has 7 heteroatoms. The van der Waals surface area contributed by atoms with Gasteiger partial charge >= 0.3 is 6.03 Å². The summed E-state index contributed by atoms with van der Waals surface area (Å²) in [6.07, 6.45) is 1.80. The fraction of sp³-hybridized carbons (Fsp3) is 0.786. The molecule has 0 spiro atoms. The molecule has 0 aromatic carbocycles. The maximum atomic E-state index is 12.3. The third-order valence-electron chi connectivity index (χ3n) is 3.76. The minimum atomic E-state index is -0.192. The number of carbonyl (C=O) groups excluding carboxylic acids is 1. The van der Waals surface area contributed by atoms with Crippen molar-refractivity contribution >= 4 is 6.03 Å². The number of aromatic nitrogens is 2. The fourth-order valence-corrected chi connectivity index (χ4v) is 2.73. The topological polar surface area (TPSA) is 74.5 Å². The number of urea groups is 1. The number of carbonyl (C=O) groups is 1. The molecule has 2 heterocycles. The molecular formula is C14H25N5O2. The van der Waals surface area contributed by atoms with Crippen LogP contribution in [0, 0.1) is 12.8 Å². The van der Waals surface area contributed by atoms with Crippen LogP contribution in [0.1, 0.15) is 37.5 Å². The van der Waals surface area contributed by atoms with Gasteiger partial charge in [0.25, 0.3) is 0 Å². The number of nitrogens with one attached hydrogen (secondary N) is 1. The van der Waals surface area contributed by atoms with E-state index < -0.39 is 0 Å². The van der Waals surface area contributed by atoms with Gasteiger partial charge in [0.05, 0.1) is 6.04 Å². The average molecular weight is 295 g/mol. The van der Waals surface area contributed by atoms with E-state index in [1.165, 1.54) is 0 Å². The van der Waals surface area contributed by atoms with Gasteiger partial charge in [-0.05, 0) is 32.9 Å². The van der Waals surface area contributed by atoms with Crippen molar-refractivity contribution in [2.75, 3.05) is 33.7 Å². The third kappa shape index (κ3) is 4.17. The van der Waals surface area contributed by atoms with Crippen molar-refractivity contribution in [1.82, 2.24) is 25.3 Å². The number of hydrogen-bond donors (Lipinski definition) is 1. The molecule has 1 fully saturated rings. The number of hydrogen-bond acceptors (Lipinski definition) is 5. The van der Waals surface area contributed by atoms with Gasteiger partial charge in [-0.25, -0.2) is 4.79 Å². The van der Waals surface area contributed by atoms with E-state index in [4.69, 9.17) is 4.52 Å². The standard InChI is InChI=1S/C14H25N5O2/c1-5-12(13-15-10(2)21-17-13)16-14(20)19-7-6-11(9-19)8-18(3)4/h11-12H,5-9H2,1-4H3,(H,16,20)/t11-,12+/m1/s1. The van der Waals surface area contributed by atoms with Crippen LogP contribution in [0.4, 0.5) is 4.79 Å². The highest BCUT2D eigenvalue weighted by Crippen LogP contribution is 2.19. The first-order valence-corrected chi connectivity index (χ1v) is 7.50. The number of amides is 2. The molecule has 2 amide bonds. The summed E-state index contributed by atoms with van der Waals surface area (Å²) in [6, 6.07) is -0.228. The zero-order chi connectivity index (χ0) is 15.4. The van der Waals surface area contributed by atoms with E-state index in [0.29, 0.717) is 17.6 Å².